The van der Waals surface area contributed by atoms with Crippen molar-refractivity contribution in [3.8, 4) is 11.5 Å². The highest BCUT2D eigenvalue weighted by molar-refractivity contribution is 14.1. The number of hydrogen-bond acceptors (Lipinski definition) is 5. The minimum Gasteiger partial charge on any atom is -0.504 e. The smallest absolute Gasteiger partial charge is 0.265 e. The Morgan fingerprint density at radius 1 is 1.48 bits per heavy atom. The monoisotopic (exact) mass is 444 g/mol. The standard InChI is InChI=1S/C15H13IN2O4S/c1-3-4-18-14(21)9(13(20)17-15(18)23)5-8-6-10(16)12(19)11(7-8)22-2/h3,5-7,19H,1,4H2,2H3,(H,17,20,23)/b9-5-. The van der Waals surface area contributed by atoms with Crippen LogP contribution in [-0.2, 0) is 9.59 Å². The average Bonchev–Trinajstić information content (AvgIpc) is 2.51. The lowest BCUT2D eigenvalue weighted by molar-refractivity contribution is -0.128. The van der Waals surface area contributed by atoms with Crippen LogP contribution in [0.1, 0.15) is 5.56 Å². The molecule has 1 aromatic rings. The number of benzene rings is 1. The second-order valence-corrected chi connectivity index (χ2v) is 6.12. The molecule has 0 unspecified atom stereocenters. The van der Waals surface area contributed by atoms with Crippen molar-refractivity contribution in [1.82, 2.24) is 10.2 Å². The first-order valence-electron chi connectivity index (χ1n) is 6.45. The number of carbonyl (C=O) groups is 2. The van der Waals surface area contributed by atoms with E-state index in [1.165, 1.54) is 30.2 Å². The fourth-order valence-electron chi connectivity index (χ4n) is 1.99. The molecule has 6 nitrogen and oxygen atoms in total. The summed E-state index contributed by atoms with van der Waals surface area (Å²) in [5, 5.41) is 12.4. The predicted octanol–water partition coefficient (Wildman–Crippen LogP) is 1.82. The molecular weight excluding hydrogens is 431 g/mol. The zero-order valence-corrected chi connectivity index (χ0v) is 15.1. The molecule has 0 bridgehead atoms. The molecule has 0 spiro atoms. The van der Waals surface area contributed by atoms with Gasteiger partial charge in [-0.2, -0.15) is 0 Å². The minimum atomic E-state index is -0.567. The van der Waals surface area contributed by atoms with Gasteiger partial charge in [-0.25, -0.2) is 0 Å². The van der Waals surface area contributed by atoms with Crippen LogP contribution in [0.15, 0.2) is 30.4 Å². The summed E-state index contributed by atoms with van der Waals surface area (Å²) in [4.78, 5) is 25.7. The van der Waals surface area contributed by atoms with Crippen molar-refractivity contribution in [2.24, 2.45) is 0 Å². The molecule has 0 aliphatic carbocycles. The lowest BCUT2D eigenvalue weighted by Crippen LogP contribution is -2.53. The zero-order valence-electron chi connectivity index (χ0n) is 12.1. The Hall–Kier alpha value is -1.94. The van der Waals surface area contributed by atoms with E-state index < -0.39 is 11.8 Å². The van der Waals surface area contributed by atoms with Gasteiger partial charge in [0, 0.05) is 6.54 Å². The maximum Gasteiger partial charge on any atom is 0.265 e. The summed E-state index contributed by atoms with van der Waals surface area (Å²) in [7, 11) is 1.42. The van der Waals surface area contributed by atoms with Crippen LogP contribution in [0, 0.1) is 3.57 Å². The number of hydrogen-bond donors (Lipinski definition) is 2. The molecule has 1 heterocycles. The summed E-state index contributed by atoms with van der Waals surface area (Å²) < 4.78 is 5.61. The number of rotatable bonds is 4. The van der Waals surface area contributed by atoms with E-state index in [1.54, 1.807) is 6.07 Å². The Morgan fingerprint density at radius 3 is 2.78 bits per heavy atom. The van der Waals surface area contributed by atoms with Gasteiger partial charge in [-0.15, -0.1) is 6.58 Å². The first kappa shape index (κ1) is 17.4. The number of phenols is 1. The Labute approximate surface area is 151 Å². The summed E-state index contributed by atoms with van der Waals surface area (Å²) in [5.41, 5.74) is 0.498. The second-order valence-electron chi connectivity index (χ2n) is 4.58. The van der Waals surface area contributed by atoms with Gasteiger partial charge in [0.05, 0.1) is 10.7 Å². The summed E-state index contributed by atoms with van der Waals surface area (Å²) in [6.45, 7) is 3.76. The number of nitrogens with one attached hydrogen (secondary N) is 1. The van der Waals surface area contributed by atoms with Crippen molar-refractivity contribution < 1.29 is 19.4 Å². The fraction of sp³-hybridized carbons (Fsp3) is 0.133. The first-order chi connectivity index (χ1) is 10.9. The molecule has 8 heteroatoms. The zero-order chi connectivity index (χ0) is 17.1. The van der Waals surface area contributed by atoms with Crippen molar-refractivity contribution in [2.75, 3.05) is 13.7 Å². The maximum absolute atomic E-state index is 12.4. The van der Waals surface area contributed by atoms with Crippen molar-refractivity contribution in [3.05, 3.63) is 39.5 Å². The van der Waals surface area contributed by atoms with Gasteiger partial charge in [-0.1, -0.05) is 6.08 Å². The summed E-state index contributed by atoms with van der Waals surface area (Å²) in [6, 6.07) is 3.17. The number of nitrogens with zero attached hydrogens (tertiary/aromatic N) is 1. The molecule has 0 aromatic heterocycles. The van der Waals surface area contributed by atoms with Gasteiger partial charge in [-0.05, 0) is 58.6 Å². The van der Waals surface area contributed by atoms with E-state index in [4.69, 9.17) is 17.0 Å². The van der Waals surface area contributed by atoms with Crippen LogP contribution in [0.3, 0.4) is 0 Å². The van der Waals surface area contributed by atoms with Crippen LogP contribution >= 0.6 is 34.8 Å². The number of ether oxygens (including phenoxy) is 1. The molecular formula is C15H13IN2O4S. The van der Waals surface area contributed by atoms with Gasteiger partial charge >= 0.3 is 0 Å². The molecule has 0 radical (unpaired) electrons. The van der Waals surface area contributed by atoms with Gasteiger partial charge in [0.1, 0.15) is 5.57 Å². The van der Waals surface area contributed by atoms with E-state index >= 15 is 0 Å². The number of carbonyl (C=O) groups excluding carboxylic acids is 2. The van der Waals surface area contributed by atoms with Gasteiger partial charge in [0.2, 0.25) is 0 Å². The average molecular weight is 444 g/mol. The normalized spacial score (nSPS) is 16.5. The van der Waals surface area contributed by atoms with E-state index in [0.717, 1.165) is 0 Å². The highest BCUT2D eigenvalue weighted by Crippen LogP contribution is 2.33. The number of phenolic OH excluding ortho intramolecular Hbond substituents is 1. The number of amides is 2. The Kier molecular flexibility index (Phi) is 5.37. The lowest BCUT2D eigenvalue weighted by atomic mass is 10.1. The number of aromatic hydroxyl groups is 1. The Balaban J connectivity index is 2.46. The summed E-state index contributed by atoms with van der Waals surface area (Å²) in [5.74, 6) is -0.807. The molecule has 2 amide bonds. The topological polar surface area (TPSA) is 78.9 Å². The second kappa shape index (κ2) is 7.09. The molecule has 120 valence electrons. The van der Waals surface area contributed by atoms with Crippen LogP contribution < -0.4 is 10.1 Å². The quantitative estimate of drug-likeness (QED) is 0.244. The minimum absolute atomic E-state index is 0.00383. The molecule has 1 saturated heterocycles. The van der Waals surface area contributed by atoms with Gasteiger partial charge < -0.3 is 9.84 Å². The fourth-order valence-corrected chi connectivity index (χ4v) is 2.86. The van der Waals surface area contributed by atoms with Crippen LogP contribution in [0.4, 0.5) is 0 Å². The van der Waals surface area contributed by atoms with Crippen molar-refractivity contribution >= 4 is 57.8 Å². The highest BCUT2D eigenvalue weighted by atomic mass is 127. The van der Waals surface area contributed by atoms with Gasteiger partial charge in [0.25, 0.3) is 11.8 Å². The third-order valence-corrected chi connectivity index (χ3v) is 4.22. The van der Waals surface area contributed by atoms with Gasteiger partial charge in [0.15, 0.2) is 16.6 Å². The molecule has 0 atom stereocenters. The van der Waals surface area contributed by atoms with Crippen molar-refractivity contribution in [3.63, 3.8) is 0 Å². The van der Waals surface area contributed by atoms with Crippen molar-refractivity contribution in [1.29, 1.82) is 0 Å². The molecule has 1 aromatic carbocycles. The molecule has 23 heavy (non-hydrogen) atoms. The maximum atomic E-state index is 12.4. The van der Waals surface area contributed by atoms with E-state index in [1.807, 2.05) is 22.6 Å². The predicted molar refractivity (Wildman–Crippen MR) is 98.0 cm³/mol. The molecule has 1 aliphatic heterocycles. The van der Waals surface area contributed by atoms with Crippen LogP contribution in [-0.4, -0.2) is 40.6 Å². The van der Waals surface area contributed by atoms with Gasteiger partial charge in [-0.3, -0.25) is 19.8 Å². The molecule has 1 aliphatic rings. The largest absolute Gasteiger partial charge is 0.504 e. The molecule has 2 N–H and O–H groups in total. The third-order valence-electron chi connectivity index (χ3n) is 3.08. The highest BCUT2D eigenvalue weighted by Gasteiger charge is 2.32. The van der Waals surface area contributed by atoms with E-state index in [9.17, 15) is 14.7 Å². The number of halogens is 1. The van der Waals surface area contributed by atoms with Crippen LogP contribution in [0.2, 0.25) is 0 Å². The Morgan fingerprint density at radius 2 is 2.17 bits per heavy atom. The molecule has 0 saturated carbocycles. The van der Waals surface area contributed by atoms with E-state index in [-0.39, 0.29) is 28.7 Å². The van der Waals surface area contributed by atoms with Crippen LogP contribution in [0.5, 0.6) is 11.5 Å². The van der Waals surface area contributed by atoms with Crippen LogP contribution in [0.25, 0.3) is 6.08 Å². The Bertz CT molecular complexity index is 745. The lowest BCUT2D eigenvalue weighted by Gasteiger charge is -2.27. The SMILES string of the molecule is C=CCN1C(=O)/C(=C\c2cc(I)c(O)c(OC)c2)C(=O)NC1=S. The summed E-state index contributed by atoms with van der Waals surface area (Å²) >= 11 is 6.92. The third kappa shape index (κ3) is 3.53. The van der Waals surface area contributed by atoms with E-state index in [2.05, 4.69) is 11.9 Å². The molecule has 2 rings (SSSR count). The van der Waals surface area contributed by atoms with E-state index in [0.29, 0.717) is 9.13 Å². The first-order valence-corrected chi connectivity index (χ1v) is 7.94. The summed E-state index contributed by atoms with van der Waals surface area (Å²) in [6.07, 6.45) is 2.95. The molecule has 1 fully saturated rings. The number of methoxy groups -OCH3 is 1. The van der Waals surface area contributed by atoms with Crippen molar-refractivity contribution in [2.45, 2.75) is 0 Å². The number of thiocarbonyl (C=S) groups is 1.